The first kappa shape index (κ1) is 15.2. The number of nitrogens with zero attached hydrogens (tertiary/aromatic N) is 1. The Morgan fingerprint density at radius 2 is 1.95 bits per heavy atom. The lowest BCUT2D eigenvalue weighted by atomic mass is 9.94. The SMILES string of the molecule is CC1CCC(C)N(Cc2ccc(N)cc2C(F)(F)F)C1. The summed E-state index contributed by atoms with van der Waals surface area (Å²) in [6.07, 6.45) is -2.17. The second-order valence-electron chi connectivity index (χ2n) is 5.88. The summed E-state index contributed by atoms with van der Waals surface area (Å²) in [6.45, 7) is 5.41. The molecule has 2 unspecified atom stereocenters. The van der Waals surface area contributed by atoms with E-state index in [0.717, 1.165) is 25.5 Å². The van der Waals surface area contributed by atoms with Crippen LogP contribution in [0.3, 0.4) is 0 Å². The summed E-state index contributed by atoms with van der Waals surface area (Å²) in [5.41, 5.74) is 5.35. The lowest BCUT2D eigenvalue weighted by Gasteiger charge is -2.37. The number of benzene rings is 1. The summed E-state index contributed by atoms with van der Waals surface area (Å²) in [6, 6.07) is 4.41. The van der Waals surface area contributed by atoms with Crippen molar-refractivity contribution < 1.29 is 13.2 Å². The number of alkyl halides is 3. The van der Waals surface area contributed by atoms with E-state index in [1.165, 1.54) is 6.07 Å². The zero-order chi connectivity index (χ0) is 14.9. The van der Waals surface area contributed by atoms with Crippen molar-refractivity contribution in [1.82, 2.24) is 4.90 Å². The van der Waals surface area contributed by atoms with Crippen molar-refractivity contribution in [3.05, 3.63) is 29.3 Å². The first-order valence-electron chi connectivity index (χ1n) is 6.97. The maximum absolute atomic E-state index is 13.1. The number of halogens is 3. The zero-order valence-electron chi connectivity index (χ0n) is 11.9. The summed E-state index contributed by atoms with van der Waals surface area (Å²) in [7, 11) is 0. The van der Waals surface area contributed by atoms with E-state index < -0.39 is 11.7 Å². The smallest absolute Gasteiger partial charge is 0.399 e. The number of likely N-dealkylation sites (tertiary alicyclic amines) is 1. The maximum atomic E-state index is 13.1. The van der Waals surface area contributed by atoms with Gasteiger partial charge in [0.1, 0.15) is 0 Å². The van der Waals surface area contributed by atoms with Crippen LogP contribution in [-0.4, -0.2) is 17.5 Å². The molecule has 1 aliphatic heterocycles. The van der Waals surface area contributed by atoms with Gasteiger partial charge in [0.05, 0.1) is 5.56 Å². The normalized spacial score (nSPS) is 24.9. The number of anilines is 1. The lowest BCUT2D eigenvalue weighted by molar-refractivity contribution is -0.138. The summed E-state index contributed by atoms with van der Waals surface area (Å²) >= 11 is 0. The molecule has 20 heavy (non-hydrogen) atoms. The second kappa shape index (κ2) is 5.64. The quantitative estimate of drug-likeness (QED) is 0.835. The molecule has 0 saturated carbocycles. The van der Waals surface area contributed by atoms with Gasteiger partial charge in [-0.15, -0.1) is 0 Å². The van der Waals surface area contributed by atoms with Crippen LogP contribution in [0, 0.1) is 5.92 Å². The van der Waals surface area contributed by atoms with Gasteiger partial charge in [-0.3, -0.25) is 4.90 Å². The Morgan fingerprint density at radius 1 is 1.25 bits per heavy atom. The number of hydrogen-bond acceptors (Lipinski definition) is 2. The van der Waals surface area contributed by atoms with Crippen molar-refractivity contribution in [2.45, 2.75) is 45.5 Å². The summed E-state index contributed by atoms with van der Waals surface area (Å²) in [4.78, 5) is 2.13. The summed E-state index contributed by atoms with van der Waals surface area (Å²) in [5, 5.41) is 0. The molecule has 1 heterocycles. The second-order valence-corrected chi connectivity index (χ2v) is 5.88. The molecule has 0 aliphatic carbocycles. The van der Waals surface area contributed by atoms with Crippen molar-refractivity contribution in [2.24, 2.45) is 5.92 Å². The lowest BCUT2D eigenvalue weighted by Crippen LogP contribution is -2.40. The average Bonchev–Trinajstić information content (AvgIpc) is 2.34. The Kier molecular flexibility index (Phi) is 4.28. The van der Waals surface area contributed by atoms with Gasteiger partial charge in [-0.1, -0.05) is 13.0 Å². The Labute approximate surface area is 117 Å². The van der Waals surface area contributed by atoms with E-state index in [-0.39, 0.29) is 5.69 Å². The molecule has 1 fully saturated rings. The van der Waals surface area contributed by atoms with Crippen LogP contribution in [0.4, 0.5) is 18.9 Å². The minimum Gasteiger partial charge on any atom is -0.399 e. The molecule has 5 heteroatoms. The van der Waals surface area contributed by atoms with Crippen LogP contribution in [0.25, 0.3) is 0 Å². The van der Waals surface area contributed by atoms with Crippen molar-refractivity contribution in [1.29, 1.82) is 0 Å². The highest BCUT2D eigenvalue weighted by atomic mass is 19.4. The molecule has 1 saturated heterocycles. The van der Waals surface area contributed by atoms with E-state index in [1.54, 1.807) is 6.07 Å². The third-order valence-corrected chi connectivity index (χ3v) is 4.06. The summed E-state index contributed by atoms with van der Waals surface area (Å²) < 4.78 is 39.2. The fraction of sp³-hybridized carbons (Fsp3) is 0.600. The van der Waals surface area contributed by atoms with Crippen LogP contribution in [0.1, 0.15) is 37.8 Å². The van der Waals surface area contributed by atoms with Crippen LogP contribution in [0.5, 0.6) is 0 Å². The van der Waals surface area contributed by atoms with E-state index in [2.05, 4.69) is 18.7 Å². The molecule has 1 aromatic carbocycles. The monoisotopic (exact) mass is 286 g/mol. The van der Waals surface area contributed by atoms with Crippen LogP contribution < -0.4 is 5.73 Å². The summed E-state index contributed by atoms with van der Waals surface area (Å²) in [5.74, 6) is 0.536. The van der Waals surface area contributed by atoms with Gasteiger partial charge in [0.15, 0.2) is 0 Å². The molecule has 0 amide bonds. The fourth-order valence-electron chi connectivity index (χ4n) is 2.81. The Hall–Kier alpha value is -1.23. The van der Waals surface area contributed by atoms with Gasteiger partial charge in [0, 0.05) is 24.8 Å². The molecular weight excluding hydrogens is 265 g/mol. The third-order valence-electron chi connectivity index (χ3n) is 4.06. The van der Waals surface area contributed by atoms with E-state index in [9.17, 15) is 13.2 Å². The van der Waals surface area contributed by atoms with Crippen molar-refractivity contribution in [3.8, 4) is 0 Å². The van der Waals surface area contributed by atoms with Crippen LogP contribution >= 0.6 is 0 Å². The highest BCUT2D eigenvalue weighted by Crippen LogP contribution is 2.35. The molecule has 1 aromatic rings. The predicted molar refractivity (Wildman–Crippen MR) is 74.1 cm³/mol. The zero-order valence-corrected chi connectivity index (χ0v) is 11.9. The topological polar surface area (TPSA) is 29.3 Å². The van der Waals surface area contributed by atoms with Gasteiger partial charge in [-0.25, -0.2) is 0 Å². The van der Waals surface area contributed by atoms with Gasteiger partial charge in [0.2, 0.25) is 0 Å². The molecule has 0 bridgehead atoms. The highest BCUT2D eigenvalue weighted by Gasteiger charge is 2.34. The molecule has 1 aliphatic rings. The minimum atomic E-state index is -4.35. The number of nitrogen functional groups attached to an aromatic ring is 1. The first-order valence-corrected chi connectivity index (χ1v) is 6.97. The molecule has 2 atom stereocenters. The Bertz CT molecular complexity index is 471. The van der Waals surface area contributed by atoms with Gasteiger partial charge < -0.3 is 5.73 Å². The molecule has 0 radical (unpaired) electrons. The number of rotatable bonds is 2. The third kappa shape index (κ3) is 3.45. The van der Waals surface area contributed by atoms with Gasteiger partial charge >= 0.3 is 6.18 Å². The van der Waals surface area contributed by atoms with E-state index in [4.69, 9.17) is 5.73 Å². The van der Waals surface area contributed by atoms with Crippen LogP contribution in [0.2, 0.25) is 0 Å². The van der Waals surface area contributed by atoms with Gasteiger partial charge in [-0.2, -0.15) is 13.2 Å². The Morgan fingerprint density at radius 3 is 2.60 bits per heavy atom. The molecule has 112 valence electrons. The molecule has 0 spiro atoms. The van der Waals surface area contributed by atoms with Crippen molar-refractivity contribution in [3.63, 3.8) is 0 Å². The van der Waals surface area contributed by atoms with Crippen molar-refractivity contribution in [2.75, 3.05) is 12.3 Å². The molecule has 0 aromatic heterocycles. The highest BCUT2D eigenvalue weighted by molar-refractivity contribution is 5.46. The number of hydrogen-bond donors (Lipinski definition) is 1. The van der Waals surface area contributed by atoms with E-state index in [1.807, 2.05) is 0 Å². The van der Waals surface area contributed by atoms with Crippen LogP contribution in [-0.2, 0) is 12.7 Å². The molecule has 2 nitrogen and oxygen atoms in total. The standard InChI is InChI=1S/C15H21F3N2/c1-10-3-4-11(2)20(8-10)9-12-5-6-13(19)7-14(12)15(16,17)18/h5-7,10-11H,3-4,8-9,19H2,1-2H3. The average molecular weight is 286 g/mol. The van der Waals surface area contributed by atoms with E-state index in [0.29, 0.717) is 24.1 Å². The first-order chi connectivity index (χ1) is 9.27. The largest absolute Gasteiger partial charge is 0.416 e. The van der Waals surface area contributed by atoms with Gasteiger partial charge in [0.25, 0.3) is 0 Å². The predicted octanol–water partition coefficient (Wildman–Crippen LogP) is 3.91. The Balaban J connectivity index is 2.24. The van der Waals surface area contributed by atoms with Gasteiger partial charge in [-0.05, 0) is 43.4 Å². The molecule has 2 N–H and O–H groups in total. The van der Waals surface area contributed by atoms with Crippen LogP contribution in [0.15, 0.2) is 18.2 Å². The van der Waals surface area contributed by atoms with E-state index >= 15 is 0 Å². The molecule has 2 rings (SSSR count). The maximum Gasteiger partial charge on any atom is 0.416 e. The number of nitrogens with two attached hydrogens (primary N) is 1. The fourth-order valence-corrected chi connectivity index (χ4v) is 2.81. The molecular formula is C15H21F3N2. The van der Waals surface area contributed by atoms with Crippen molar-refractivity contribution >= 4 is 5.69 Å². The minimum absolute atomic E-state index is 0.154. The number of piperidine rings is 1.